The molecule has 0 aromatic carbocycles. The molecule has 0 spiro atoms. The van der Waals surface area contributed by atoms with Crippen LogP contribution in [0.4, 0.5) is 5.00 Å². The fraction of sp³-hybridized carbons (Fsp3) is 0.545. The van der Waals surface area contributed by atoms with Crippen LogP contribution in [0.5, 0.6) is 0 Å². The van der Waals surface area contributed by atoms with Crippen LogP contribution in [0.25, 0.3) is 0 Å². The smallest absolute Gasteiger partial charge is 0.170 e. The van der Waals surface area contributed by atoms with Crippen LogP contribution in [0.15, 0.2) is 6.07 Å². The first kappa shape index (κ1) is 10.6. The van der Waals surface area contributed by atoms with Crippen LogP contribution >= 0.6 is 11.3 Å². The van der Waals surface area contributed by atoms with Crippen molar-refractivity contribution in [2.75, 3.05) is 31.2 Å². The summed E-state index contributed by atoms with van der Waals surface area (Å²) in [6.45, 7) is 7.05. The average Bonchev–Trinajstić information content (AvgIpc) is 2.62. The first-order valence-electron chi connectivity index (χ1n) is 5.12. The Morgan fingerprint density at radius 3 is 2.67 bits per heavy atom. The van der Waals surface area contributed by atoms with Gasteiger partial charge < -0.3 is 9.64 Å². The van der Waals surface area contributed by atoms with Crippen molar-refractivity contribution in [1.82, 2.24) is 0 Å². The number of nitrogens with zero attached hydrogens (tertiary/aromatic N) is 1. The third kappa shape index (κ3) is 2.21. The second-order valence-corrected chi connectivity index (χ2v) is 4.78. The van der Waals surface area contributed by atoms with Gasteiger partial charge in [-0.25, -0.2) is 0 Å². The number of carbonyl (C=O) groups excluding carboxylic acids is 1. The number of aryl methyl sites for hydroxylation is 1. The fourth-order valence-corrected chi connectivity index (χ4v) is 2.87. The summed E-state index contributed by atoms with van der Waals surface area (Å²) in [5.41, 5.74) is 1.09. The minimum absolute atomic E-state index is 0.164. The SMILES string of the molecule is CC(=O)c1sc(N2CCOCC2)cc1C. The van der Waals surface area contributed by atoms with Crippen molar-refractivity contribution in [3.63, 3.8) is 0 Å². The molecular formula is C11H15NO2S. The van der Waals surface area contributed by atoms with Crippen molar-refractivity contribution in [2.24, 2.45) is 0 Å². The van der Waals surface area contributed by atoms with Crippen molar-refractivity contribution >= 4 is 22.1 Å². The maximum atomic E-state index is 11.3. The predicted molar refractivity (Wildman–Crippen MR) is 62.1 cm³/mol. The number of hydrogen-bond acceptors (Lipinski definition) is 4. The third-order valence-electron chi connectivity index (χ3n) is 2.55. The Kier molecular flexibility index (Phi) is 3.07. The van der Waals surface area contributed by atoms with Crippen molar-refractivity contribution in [3.05, 3.63) is 16.5 Å². The zero-order chi connectivity index (χ0) is 10.8. The van der Waals surface area contributed by atoms with Gasteiger partial charge in [0, 0.05) is 13.1 Å². The lowest BCUT2D eigenvalue weighted by molar-refractivity contribution is 0.102. The summed E-state index contributed by atoms with van der Waals surface area (Å²) < 4.78 is 5.30. The van der Waals surface area contributed by atoms with Gasteiger partial charge in [0.15, 0.2) is 5.78 Å². The van der Waals surface area contributed by atoms with Gasteiger partial charge in [-0.15, -0.1) is 11.3 Å². The van der Waals surface area contributed by atoms with Crippen molar-refractivity contribution in [1.29, 1.82) is 0 Å². The lowest BCUT2D eigenvalue weighted by atomic mass is 10.2. The summed E-state index contributed by atoms with van der Waals surface area (Å²) in [7, 11) is 0. The quantitative estimate of drug-likeness (QED) is 0.722. The summed E-state index contributed by atoms with van der Waals surface area (Å²) in [6.07, 6.45) is 0. The molecule has 1 aliphatic heterocycles. The van der Waals surface area contributed by atoms with E-state index in [4.69, 9.17) is 4.74 Å². The van der Waals surface area contributed by atoms with Gasteiger partial charge in [-0.05, 0) is 25.5 Å². The number of hydrogen-bond donors (Lipinski definition) is 0. The number of Topliss-reactive ketones (excluding diaryl/α,β-unsaturated/α-hetero) is 1. The predicted octanol–water partition coefficient (Wildman–Crippen LogP) is 2.10. The Labute approximate surface area is 93.7 Å². The van der Waals surface area contributed by atoms with Gasteiger partial charge in [0.2, 0.25) is 0 Å². The second kappa shape index (κ2) is 4.33. The number of rotatable bonds is 2. The molecule has 0 unspecified atom stereocenters. The highest BCUT2D eigenvalue weighted by atomic mass is 32.1. The van der Waals surface area contributed by atoms with Crippen LogP contribution in [0.2, 0.25) is 0 Å². The monoisotopic (exact) mass is 225 g/mol. The van der Waals surface area contributed by atoms with E-state index in [1.807, 2.05) is 6.92 Å². The molecule has 1 aromatic rings. The lowest BCUT2D eigenvalue weighted by Crippen LogP contribution is -2.35. The van der Waals surface area contributed by atoms with E-state index in [1.165, 1.54) is 5.00 Å². The standard InChI is InChI=1S/C11H15NO2S/c1-8-7-10(15-11(8)9(2)13)12-3-5-14-6-4-12/h7H,3-6H2,1-2H3. The van der Waals surface area contributed by atoms with Crippen LogP contribution in [-0.4, -0.2) is 32.1 Å². The van der Waals surface area contributed by atoms with E-state index in [9.17, 15) is 4.79 Å². The van der Waals surface area contributed by atoms with Crippen molar-refractivity contribution in [3.8, 4) is 0 Å². The minimum Gasteiger partial charge on any atom is -0.378 e. The van der Waals surface area contributed by atoms with Gasteiger partial charge in [-0.2, -0.15) is 0 Å². The molecule has 4 heteroatoms. The van der Waals surface area contributed by atoms with Crippen molar-refractivity contribution < 1.29 is 9.53 Å². The molecule has 0 aliphatic carbocycles. The highest BCUT2D eigenvalue weighted by Crippen LogP contribution is 2.30. The Balaban J connectivity index is 2.21. The molecule has 15 heavy (non-hydrogen) atoms. The summed E-state index contributed by atoms with van der Waals surface area (Å²) in [4.78, 5) is 14.5. The molecule has 2 heterocycles. The third-order valence-corrected chi connectivity index (χ3v) is 3.95. The van der Waals surface area contributed by atoms with E-state index in [0.29, 0.717) is 0 Å². The van der Waals surface area contributed by atoms with E-state index in [-0.39, 0.29) is 5.78 Å². The Morgan fingerprint density at radius 1 is 1.47 bits per heavy atom. The molecular weight excluding hydrogens is 210 g/mol. The molecule has 2 rings (SSSR count). The molecule has 3 nitrogen and oxygen atoms in total. The van der Waals surface area contributed by atoms with Gasteiger partial charge in [0.05, 0.1) is 23.1 Å². The van der Waals surface area contributed by atoms with Crippen molar-refractivity contribution in [2.45, 2.75) is 13.8 Å². The molecule has 0 bridgehead atoms. The molecule has 1 saturated heterocycles. The van der Waals surface area contributed by atoms with Gasteiger partial charge in [-0.3, -0.25) is 4.79 Å². The maximum absolute atomic E-state index is 11.3. The van der Waals surface area contributed by atoms with Crippen LogP contribution in [-0.2, 0) is 4.74 Å². The van der Waals surface area contributed by atoms with Crippen LogP contribution in [0, 0.1) is 6.92 Å². The fourth-order valence-electron chi connectivity index (χ4n) is 1.75. The number of ether oxygens (including phenoxy) is 1. The Morgan fingerprint density at radius 2 is 2.13 bits per heavy atom. The van der Waals surface area contributed by atoms with Crippen LogP contribution < -0.4 is 4.90 Å². The summed E-state index contributed by atoms with van der Waals surface area (Å²) in [5.74, 6) is 0.164. The zero-order valence-corrected chi connectivity index (χ0v) is 9.89. The maximum Gasteiger partial charge on any atom is 0.170 e. The van der Waals surface area contributed by atoms with E-state index in [0.717, 1.165) is 36.7 Å². The summed E-state index contributed by atoms with van der Waals surface area (Å²) in [6, 6.07) is 2.10. The van der Waals surface area contributed by atoms with Gasteiger partial charge >= 0.3 is 0 Å². The Bertz CT molecular complexity index is 367. The highest BCUT2D eigenvalue weighted by molar-refractivity contribution is 7.18. The molecule has 0 radical (unpaired) electrons. The van der Waals surface area contributed by atoms with E-state index < -0.39 is 0 Å². The molecule has 1 fully saturated rings. The van der Waals surface area contributed by atoms with Crippen LogP contribution in [0.3, 0.4) is 0 Å². The molecule has 0 saturated carbocycles. The Hall–Kier alpha value is -0.870. The second-order valence-electron chi connectivity index (χ2n) is 3.75. The van der Waals surface area contributed by atoms with E-state index in [2.05, 4.69) is 11.0 Å². The number of thiophene rings is 1. The van der Waals surface area contributed by atoms with Gasteiger partial charge in [0.1, 0.15) is 0 Å². The van der Waals surface area contributed by atoms with E-state index in [1.54, 1.807) is 18.3 Å². The molecule has 0 N–H and O–H groups in total. The molecule has 0 amide bonds. The highest BCUT2D eigenvalue weighted by Gasteiger charge is 2.16. The number of carbonyl (C=O) groups is 1. The largest absolute Gasteiger partial charge is 0.378 e. The lowest BCUT2D eigenvalue weighted by Gasteiger charge is -2.27. The number of ketones is 1. The topological polar surface area (TPSA) is 29.5 Å². The van der Waals surface area contributed by atoms with Crippen LogP contribution in [0.1, 0.15) is 22.2 Å². The minimum atomic E-state index is 0.164. The van der Waals surface area contributed by atoms with E-state index >= 15 is 0 Å². The van der Waals surface area contributed by atoms with Gasteiger partial charge in [0.25, 0.3) is 0 Å². The first-order chi connectivity index (χ1) is 7.18. The molecule has 82 valence electrons. The molecule has 1 aromatic heterocycles. The number of anilines is 1. The first-order valence-corrected chi connectivity index (χ1v) is 5.94. The average molecular weight is 225 g/mol. The number of morpholine rings is 1. The molecule has 1 aliphatic rings. The zero-order valence-electron chi connectivity index (χ0n) is 9.08. The normalized spacial score (nSPS) is 16.8. The summed E-state index contributed by atoms with van der Waals surface area (Å²) >= 11 is 1.59. The summed E-state index contributed by atoms with van der Waals surface area (Å²) in [5, 5.41) is 1.20. The van der Waals surface area contributed by atoms with Gasteiger partial charge in [-0.1, -0.05) is 0 Å². The molecule has 0 atom stereocenters.